The average Bonchev–Trinajstić information content (AvgIpc) is 2.78. The smallest absolute Gasteiger partial charge is 0.305 e. The SMILES string of the molecule is CCCCCCC=CCCCCCCCCOC(CO)COC(=O)CCCCCCC. The summed E-state index contributed by atoms with van der Waals surface area (Å²) in [5.74, 6) is -0.176. The average molecular weight is 441 g/mol. The molecule has 0 aliphatic carbocycles. The molecule has 0 aliphatic rings. The maximum Gasteiger partial charge on any atom is 0.305 e. The Morgan fingerprint density at radius 2 is 1.26 bits per heavy atom. The molecule has 4 heteroatoms. The third-order valence-corrected chi connectivity index (χ3v) is 5.63. The van der Waals surface area contributed by atoms with E-state index in [1.165, 1.54) is 83.5 Å². The molecule has 1 N–H and O–H groups in total. The maximum atomic E-state index is 11.7. The van der Waals surface area contributed by atoms with Crippen molar-refractivity contribution >= 4 is 5.97 Å². The molecule has 0 fully saturated rings. The van der Waals surface area contributed by atoms with Gasteiger partial charge in [0, 0.05) is 13.0 Å². The zero-order chi connectivity index (χ0) is 22.8. The molecule has 0 radical (unpaired) electrons. The van der Waals surface area contributed by atoms with Gasteiger partial charge in [-0.15, -0.1) is 0 Å². The lowest BCUT2D eigenvalue weighted by Gasteiger charge is -2.15. The number of carbonyl (C=O) groups is 1. The fourth-order valence-electron chi connectivity index (χ4n) is 3.53. The summed E-state index contributed by atoms with van der Waals surface area (Å²) in [6.45, 7) is 5.12. The van der Waals surface area contributed by atoms with E-state index in [0.29, 0.717) is 13.0 Å². The Kier molecular flexibility index (Phi) is 24.7. The molecule has 0 spiro atoms. The van der Waals surface area contributed by atoms with Gasteiger partial charge < -0.3 is 14.6 Å². The second-order valence-corrected chi connectivity index (χ2v) is 8.75. The van der Waals surface area contributed by atoms with Gasteiger partial charge in [-0.25, -0.2) is 0 Å². The van der Waals surface area contributed by atoms with Gasteiger partial charge in [-0.2, -0.15) is 0 Å². The van der Waals surface area contributed by atoms with Crippen LogP contribution in [0.4, 0.5) is 0 Å². The molecule has 0 saturated carbocycles. The van der Waals surface area contributed by atoms with Gasteiger partial charge in [0.05, 0.1) is 6.61 Å². The van der Waals surface area contributed by atoms with Crippen molar-refractivity contribution in [3.05, 3.63) is 12.2 Å². The van der Waals surface area contributed by atoms with Gasteiger partial charge in [0.1, 0.15) is 12.7 Å². The number of aliphatic hydroxyl groups excluding tert-OH is 1. The molecule has 31 heavy (non-hydrogen) atoms. The van der Waals surface area contributed by atoms with Gasteiger partial charge >= 0.3 is 5.97 Å². The highest BCUT2D eigenvalue weighted by Crippen LogP contribution is 2.10. The Labute approximate surface area is 193 Å². The zero-order valence-electron chi connectivity index (χ0n) is 20.8. The Hall–Kier alpha value is -0.870. The van der Waals surface area contributed by atoms with E-state index < -0.39 is 6.10 Å². The number of unbranched alkanes of at least 4 members (excludes halogenated alkanes) is 14. The molecule has 0 amide bonds. The summed E-state index contributed by atoms with van der Waals surface area (Å²) >= 11 is 0. The number of allylic oxidation sites excluding steroid dienone is 2. The highest BCUT2D eigenvalue weighted by Gasteiger charge is 2.11. The predicted molar refractivity (Wildman–Crippen MR) is 131 cm³/mol. The first-order valence-corrected chi connectivity index (χ1v) is 13.3. The minimum absolute atomic E-state index is 0.101. The Morgan fingerprint density at radius 1 is 0.742 bits per heavy atom. The summed E-state index contributed by atoms with van der Waals surface area (Å²) in [5, 5.41) is 9.41. The number of carbonyl (C=O) groups excluding carboxylic acids is 1. The van der Waals surface area contributed by atoms with Crippen LogP contribution in [0.25, 0.3) is 0 Å². The van der Waals surface area contributed by atoms with E-state index in [9.17, 15) is 9.90 Å². The fraction of sp³-hybridized carbons (Fsp3) is 0.889. The van der Waals surface area contributed by atoms with Crippen molar-refractivity contribution in [2.45, 2.75) is 136 Å². The number of ether oxygens (including phenoxy) is 2. The van der Waals surface area contributed by atoms with Crippen LogP contribution in [0.3, 0.4) is 0 Å². The molecular weight excluding hydrogens is 388 g/mol. The highest BCUT2D eigenvalue weighted by atomic mass is 16.6. The van der Waals surface area contributed by atoms with Gasteiger partial charge in [-0.1, -0.05) is 96.6 Å². The third-order valence-electron chi connectivity index (χ3n) is 5.63. The largest absolute Gasteiger partial charge is 0.463 e. The number of aliphatic hydroxyl groups is 1. The van der Waals surface area contributed by atoms with Gasteiger partial charge in [0.25, 0.3) is 0 Å². The van der Waals surface area contributed by atoms with Crippen LogP contribution >= 0.6 is 0 Å². The lowest BCUT2D eigenvalue weighted by molar-refractivity contribution is -0.149. The van der Waals surface area contributed by atoms with Crippen LogP contribution in [0.15, 0.2) is 12.2 Å². The Morgan fingerprint density at radius 3 is 1.87 bits per heavy atom. The molecule has 0 aromatic carbocycles. The lowest BCUT2D eigenvalue weighted by atomic mass is 10.1. The van der Waals surface area contributed by atoms with Gasteiger partial charge in [0.15, 0.2) is 0 Å². The van der Waals surface area contributed by atoms with Crippen molar-refractivity contribution in [1.29, 1.82) is 0 Å². The van der Waals surface area contributed by atoms with Crippen LogP contribution in [-0.2, 0) is 14.3 Å². The van der Waals surface area contributed by atoms with Crippen molar-refractivity contribution in [3.8, 4) is 0 Å². The Bertz CT molecular complexity index is 395. The van der Waals surface area contributed by atoms with Gasteiger partial charge in [-0.3, -0.25) is 4.79 Å². The summed E-state index contributed by atoms with van der Waals surface area (Å²) in [4.78, 5) is 11.7. The second-order valence-electron chi connectivity index (χ2n) is 8.75. The van der Waals surface area contributed by atoms with Crippen molar-refractivity contribution in [2.24, 2.45) is 0 Å². The quantitative estimate of drug-likeness (QED) is 0.0957. The first-order chi connectivity index (χ1) is 15.2. The monoisotopic (exact) mass is 440 g/mol. The molecule has 0 heterocycles. The van der Waals surface area contributed by atoms with E-state index in [4.69, 9.17) is 9.47 Å². The molecule has 0 rings (SSSR count). The van der Waals surface area contributed by atoms with E-state index in [1.807, 2.05) is 0 Å². The number of esters is 1. The fourth-order valence-corrected chi connectivity index (χ4v) is 3.53. The minimum atomic E-state index is -0.391. The molecule has 1 atom stereocenters. The summed E-state index contributed by atoms with van der Waals surface area (Å²) in [6, 6.07) is 0. The molecule has 0 bridgehead atoms. The van der Waals surface area contributed by atoms with Crippen molar-refractivity contribution < 1.29 is 19.4 Å². The zero-order valence-corrected chi connectivity index (χ0v) is 20.8. The summed E-state index contributed by atoms with van der Waals surface area (Å²) < 4.78 is 10.9. The van der Waals surface area contributed by atoms with E-state index >= 15 is 0 Å². The predicted octanol–water partition coefficient (Wildman–Crippen LogP) is 7.52. The molecular formula is C27H52O4. The van der Waals surface area contributed by atoms with Crippen LogP contribution in [0.5, 0.6) is 0 Å². The number of hydrogen-bond acceptors (Lipinski definition) is 4. The summed E-state index contributed by atoms with van der Waals surface area (Å²) in [6.07, 6.45) is 25.5. The second kappa shape index (κ2) is 25.4. The number of rotatable bonds is 24. The standard InChI is InChI=1S/C27H52O4/c1-3-5-7-9-10-11-12-13-14-15-16-17-19-21-23-30-26(24-28)25-31-27(29)22-20-18-8-6-4-2/h11-12,26,28H,3-10,13-25H2,1-2H3. The Balaban J connectivity index is 3.43. The minimum Gasteiger partial charge on any atom is -0.463 e. The van der Waals surface area contributed by atoms with Crippen LogP contribution in [-0.4, -0.2) is 37.0 Å². The van der Waals surface area contributed by atoms with E-state index in [-0.39, 0.29) is 19.2 Å². The lowest BCUT2D eigenvalue weighted by Crippen LogP contribution is -2.26. The van der Waals surface area contributed by atoms with Crippen molar-refractivity contribution in [2.75, 3.05) is 19.8 Å². The van der Waals surface area contributed by atoms with Crippen LogP contribution in [0.1, 0.15) is 129 Å². The third kappa shape index (κ3) is 23.6. The molecule has 0 aliphatic heterocycles. The molecule has 0 saturated heterocycles. The van der Waals surface area contributed by atoms with Crippen LogP contribution < -0.4 is 0 Å². The topological polar surface area (TPSA) is 55.8 Å². The van der Waals surface area contributed by atoms with Gasteiger partial charge in [-0.05, 0) is 38.5 Å². The number of hydrogen-bond donors (Lipinski definition) is 1. The molecule has 184 valence electrons. The maximum absolute atomic E-state index is 11.7. The van der Waals surface area contributed by atoms with Crippen molar-refractivity contribution in [3.63, 3.8) is 0 Å². The van der Waals surface area contributed by atoms with Gasteiger partial charge in [0.2, 0.25) is 0 Å². The first kappa shape index (κ1) is 30.1. The van der Waals surface area contributed by atoms with E-state index in [0.717, 1.165) is 25.7 Å². The molecule has 0 aromatic rings. The summed E-state index contributed by atoms with van der Waals surface area (Å²) in [7, 11) is 0. The van der Waals surface area contributed by atoms with Crippen LogP contribution in [0, 0.1) is 0 Å². The van der Waals surface area contributed by atoms with E-state index in [2.05, 4.69) is 26.0 Å². The first-order valence-electron chi connectivity index (χ1n) is 13.3. The highest BCUT2D eigenvalue weighted by molar-refractivity contribution is 5.69. The molecule has 1 unspecified atom stereocenters. The van der Waals surface area contributed by atoms with Crippen molar-refractivity contribution in [1.82, 2.24) is 0 Å². The van der Waals surface area contributed by atoms with E-state index in [1.54, 1.807) is 0 Å². The molecule has 0 aromatic heterocycles. The normalized spacial score (nSPS) is 12.5. The summed E-state index contributed by atoms with van der Waals surface area (Å²) in [5.41, 5.74) is 0. The molecule has 4 nitrogen and oxygen atoms in total. The van der Waals surface area contributed by atoms with Crippen LogP contribution in [0.2, 0.25) is 0 Å².